The first kappa shape index (κ1) is 16.2. The van der Waals surface area contributed by atoms with Crippen molar-refractivity contribution in [1.29, 1.82) is 0 Å². The number of ether oxygens (including phenoxy) is 1. The lowest BCUT2D eigenvalue weighted by Gasteiger charge is -2.17. The summed E-state index contributed by atoms with van der Waals surface area (Å²) in [5.41, 5.74) is 0.588. The first-order chi connectivity index (χ1) is 10.2. The Hall–Kier alpha value is -1.21. The van der Waals surface area contributed by atoms with Gasteiger partial charge in [0.2, 0.25) is 0 Å². The lowest BCUT2D eigenvalue weighted by atomic mass is 10.2. The smallest absolute Gasteiger partial charge is 0.252 e. The summed E-state index contributed by atoms with van der Waals surface area (Å²) in [7, 11) is 0. The van der Waals surface area contributed by atoms with Gasteiger partial charge in [-0.3, -0.25) is 4.79 Å². The summed E-state index contributed by atoms with van der Waals surface area (Å²) in [4.78, 5) is 13.2. The second kappa shape index (κ2) is 8.29. The summed E-state index contributed by atoms with van der Waals surface area (Å²) in [6.07, 6.45) is -0.247. The molecule has 0 radical (unpaired) electrons. The SMILES string of the molecule is O=C(NC[C@H](OCCO)c1cccs1)c1ccccc1Br. The van der Waals surface area contributed by atoms with Gasteiger partial charge in [0.25, 0.3) is 5.91 Å². The van der Waals surface area contributed by atoms with Crippen LogP contribution in [0.25, 0.3) is 0 Å². The molecule has 0 aliphatic heterocycles. The molecule has 1 aromatic heterocycles. The number of aliphatic hydroxyl groups is 1. The summed E-state index contributed by atoms with van der Waals surface area (Å²) in [5, 5.41) is 13.7. The lowest BCUT2D eigenvalue weighted by molar-refractivity contribution is 0.0296. The Morgan fingerprint density at radius 2 is 2.14 bits per heavy atom. The highest BCUT2D eigenvalue weighted by Crippen LogP contribution is 2.22. The summed E-state index contributed by atoms with van der Waals surface area (Å²) in [5.74, 6) is -0.156. The monoisotopic (exact) mass is 369 g/mol. The topological polar surface area (TPSA) is 58.6 Å². The van der Waals surface area contributed by atoms with Crippen molar-refractivity contribution in [2.24, 2.45) is 0 Å². The van der Waals surface area contributed by atoms with Crippen molar-refractivity contribution in [3.05, 3.63) is 56.7 Å². The average Bonchev–Trinajstić information content (AvgIpc) is 3.01. The van der Waals surface area contributed by atoms with E-state index in [0.29, 0.717) is 12.1 Å². The van der Waals surface area contributed by atoms with Crippen molar-refractivity contribution < 1.29 is 14.6 Å². The van der Waals surface area contributed by atoms with E-state index in [2.05, 4.69) is 21.2 Å². The first-order valence-electron chi connectivity index (χ1n) is 6.51. The van der Waals surface area contributed by atoms with Crippen molar-refractivity contribution in [2.75, 3.05) is 19.8 Å². The minimum absolute atomic E-state index is 0.0416. The van der Waals surface area contributed by atoms with Gasteiger partial charge in [-0.05, 0) is 39.5 Å². The molecule has 2 rings (SSSR count). The van der Waals surface area contributed by atoms with E-state index in [1.54, 1.807) is 17.4 Å². The van der Waals surface area contributed by atoms with Gasteiger partial charge in [0.1, 0.15) is 6.10 Å². The zero-order chi connectivity index (χ0) is 15.1. The highest BCUT2D eigenvalue weighted by atomic mass is 79.9. The third kappa shape index (κ3) is 4.64. The highest BCUT2D eigenvalue weighted by Gasteiger charge is 2.16. The summed E-state index contributed by atoms with van der Waals surface area (Å²) >= 11 is 4.93. The van der Waals surface area contributed by atoms with Crippen LogP contribution >= 0.6 is 27.3 Å². The number of halogens is 1. The number of hydrogen-bond acceptors (Lipinski definition) is 4. The number of thiophene rings is 1. The van der Waals surface area contributed by atoms with Crippen molar-refractivity contribution in [3.63, 3.8) is 0 Å². The molecule has 1 aromatic carbocycles. The van der Waals surface area contributed by atoms with Crippen LogP contribution in [0.15, 0.2) is 46.3 Å². The molecule has 6 heteroatoms. The van der Waals surface area contributed by atoms with Gasteiger partial charge in [-0.15, -0.1) is 11.3 Å². The van der Waals surface area contributed by atoms with E-state index in [0.717, 1.165) is 9.35 Å². The minimum atomic E-state index is -0.247. The van der Waals surface area contributed by atoms with E-state index in [9.17, 15) is 4.79 Å². The van der Waals surface area contributed by atoms with Gasteiger partial charge in [-0.1, -0.05) is 18.2 Å². The zero-order valence-electron chi connectivity index (χ0n) is 11.3. The van der Waals surface area contributed by atoms with Gasteiger partial charge in [0.15, 0.2) is 0 Å². The van der Waals surface area contributed by atoms with Gasteiger partial charge in [-0.25, -0.2) is 0 Å². The number of nitrogens with one attached hydrogen (secondary N) is 1. The van der Waals surface area contributed by atoms with Gasteiger partial charge < -0.3 is 15.2 Å². The predicted molar refractivity (Wildman–Crippen MR) is 86.6 cm³/mol. The van der Waals surface area contributed by atoms with Gasteiger partial charge >= 0.3 is 0 Å². The summed E-state index contributed by atoms with van der Waals surface area (Å²) < 4.78 is 6.34. The second-order valence-corrected chi connectivity index (χ2v) is 6.12. The molecular formula is C15H16BrNO3S. The Balaban J connectivity index is 1.98. The summed E-state index contributed by atoms with van der Waals surface area (Å²) in [6, 6.07) is 11.2. The van der Waals surface area contributed by atoms with Crippen LogP contribution in [-0.4, -0.2) is 30.8 Å². The maximum atomic E-state index is 12.2. The molecule has 1 atom stereocenters. The molecule has 112 valence electrons. The fraction of sp³-hybridized carbons (Fsp3) is 0.267. The first-order valence-corrected chi connectivity index (χ1v) is 8.18. The number of rotatable bonds is 7. The van der Waals surface area contributed by atoms with E-state index >= 15 is 0 Å². The molecule has 4 nitrogen and oxygen atoms in total. The predicted octanol–water partition coefficient (Wildman–Crippen LogP) is 2.99. The van der Waals surface area contributed by atoms with Crippen LogP contribution in [0.5, 0.6) is 0 Å². The third-order valence-corrected chi connectivity index (χ3v) is 4.49. The molecule has 0 saturated carbocycles. The van der Waals surface area contributed by atoms with Crippen LogP contribution in [0.1, 0.15) is 21.3 Å². The maximum Gasteiger partial charge on any atom is 0.252 e. The van der Waals surface area contributed by atoms with E-state index < -0.39 is 0 Å². The molecule has 0 aliphatic carbocycles. The molecule has 21 heavy (non-hydrogen) atoms. The molecule has 0 saturated heterocycles. The van der Waals surface area contributed by atoms with Crippen molar-refractivity contribution >= 4 is 33.2 Å². The van der Waals surface area contributed by atoms with E-state index in [4.69, 9.17) is 9.84 Å². The van der Waals surface area contributed by atoms with Gasteiger partial charge in [-0.2, -0.15) is 0 Å². The number of aliphatic hydroxyl groups excluding tert-OH is 1. The molecule has 0 unspecified atom stereocenters. The van der Waals surface area contributed by atoms with Crippen LogP contribution in [0, 0.1) is 0 Å². The largest absolute Gasteiger partial charge is 0.394 e. The Bertz CT molecular complexity index is 574. The number of carbonyl (C=O) groups is 1. The molecule has 0 aliphatic rings. The molecule has 1 heterocycles. The fourth-order valence-electron chi connectivity index (χ4n) is 1.84. The van der Waals surface area contributed by atoms with Crippen LogP contribution in [0.4, 0.5) is 0 Å². The molecule has 2 N–H and O–H groups in total. The number of benzene rings is 1. The summed E-state index contributed by atoms with van der Waals surface area (Å²) in [6.45, 7) is 0.564. The Labute approximate surface area is 135 Å². The zero-order valence-corrected chi connectivity index (χ0v) is 13.7. The van der Waals surface area contributed by atoms with E-state index in [-0.39, 0.29) is 25.2 Å². The lowest BCUT2D eigenvalue weighted by Crippen LogP contribution is -2.29. The average molecular weight is 370 g/mol. The van der Waals surface area contributed by atoms with Crippen molar-refractivity contribution in [1.82, 2.24) is 5.32 Å². The van der Waals surface area contributed by atoms with E-state index in [1.807, 2.05) is 35.7 Å². The quantitative estimate of drug-likeness (QED) is 0.788. The highest BCUT2D eigenvalue weighted by molar-refractivity contribution is 9.10. The van der Waals surface area contributed by atoms with Gasteiger partial charge in [0, 0.05) is 15.9 Å². The van der Waals surface area contributed by atoms with E-state index in [1.165, 1.54) is 0 Å². The molecule has 0 bridgehead atoms. The standard InChI is InChI=1S/C15H16BrNO3S/c16-12-5-2-1-4-11(12)15(19)17-10-13(20-8-7-18)14-6-3-9-21-14/h1-6,9,13,18H,7-8,10H2,(H,17,19)/t13-/m0/s1. The molecule has 1 amide bonds. The Morgan fingerprint density at radius 1 is 1.33 bits per heavy atom. The minimum Gasteiger partial charge on any atom is -0.394 e. The normalized spacial score (nSPS) is 12.1. The number of carbonyl (C=O) groups excluding carboxylic acids is 1. The maximum absolute atomic E-state index is 12.2. The van der Waals surface area contributed by atoms with Crippen molar-refractivity contribution in [3.8, 4) is 0 Å². The molecule has 0 spiro atoms. The third-order valence-electron chi connectivity index (χ3n) is 2.84. The second-order valence-electron chi connectivity index (χ2n) is 4.29. The van der Waals surface area contributed by atoms with Crippen LogP contribution < -0.4 is 5.32 Å². The van der Waals surface area contributed by atoms with Crippen LogP contribution in [0.3, 0.4) is 0 Å². The number of amides is 1. The Morgan fingerprint density at radius 3 is 2.81 bits per heavy atom. The van der Waals surface area contributed by atoms with Crippen LogP contribution in [-0.2, 0) is 4.74 Å². The van der Waals surface area contributed by atoms with Crippen molar-refractivity contribution in [2.45, 2.75) is 6.10 Å². The van der Waals surface area contributed by atoms with Crippen LogP contribution in [0.2, 0.25) is 0 Å². The molecule has 0 fully saturated rings. The fourth-order valence-corrected chi connectivity index (χ4v) is 3.08. The van der Waals surface area contributed by atoms with Gasteiger partial charge in [0.05, 0.1) is 18.8 Å². The molecular weight excluding hydrogens is 354 g/mol. The Kier molecular flexibility index (Phi) is 6.38. The number of hydrogen-bond donors (Lipinski definition) is 2. The molecule has 2 aromatic rings.